The van der Waals surface area contributed by atoms with E-state index in [1.807, 2.05) is 0 Å². The van der Waals surface area contributed by atoms with Gasteiger partial charge in [-0.1, -0.05) is 6.07 Å². The molecule has 0 spiro atoms. The van der Waals surface area contributed by atoms with Gasteiger partial charge < -0.3 is 10.3 Å². The second kappa shape index (κ2) is 5.38. The number of amides is 1. The lowest BCUT2D eigenvalue weighted by Gasteiger charge is -2.10. The smallest absolute Gasteiger partial charge is 0.275 e. The standard InChI is InChI=1S/C12H13N5O2/c1-7(14-8(2)18)10-12(19)15-11(17-16-10)9-5-3-4-6-13-9/h3-7H,1-2H3,(H,14,18)(H,15,17,19). The molecule has 1 atom stereocenters. The maximum absolute atomic E-state index is 11.9. The maximum Gasteiger partial charge on any atom is 0.275 e. The molecule has 19 heavy (non-hydrogen) atoms. The Labute approximate surface area is 109 Å². The molecular weight excluding hydrogens is 246 g/mol. The number of aromatic amines is 1. The molecule has 2 aromatic rings. The Kier molecular flexibility index (Phi) is 3.65. The number of pyridine rings is 1. The molecule has 0 bridgehead atoms. The van der Waals surface area contributed by atoms with E-state index in [4.69, 9.17) is 0 Å². The predicted octanol–water partition coefficient (Wildman–Crippen LogP) is 0.424. The highest BCUT2D eigenvalue weighted by Crippen LogP contribution is 2.08. The minimum atomic E-state index is -0.494. The average Bonchev–Trinajstić information content (AvgIpc) is 2.38. The van der Waals surface area contributed by atoms with E-state index >= 15 is 0 Å². The molecule has 7 nitrogen and oxygen atoms in total. The van der Waals surface area contributed by atoms with Gasteiger partial charge in [0.15, 0.2) is 11.5 Å². The highest BCUT2D eigenvalue weighted by Gasteiger charge is 2.14. The third-order valence-corrected chi connectivity index (χ3v) is 2.46. The molecule has 0 aliphatic rings. The second-order valence-electron chi connectivity index (χ2n) is 4.03. The normalized spacial score (nSPS) is 11.9. The first-order valence-corrected chi connectivity index (χ1v) is 5.73. The summed E-state index contributed by atoms with van der Waals surface area (Å²) in [6, 6.07) is 4.78. The zero-order chi connectivity index (χ0) is 13.8. The molecule has 0 fully saturated rings. The first-order chi connectivity index (χ1) is 9.08. The van der Waals surface area contributed by atoms with Crippen LogP contribution >= 0.6 is 0 Å². The van der Waals surface area contributed by atoms with Crippen molar-refractivity contribution in [3.8, 4) is 11.5 Å². The zero-order valence-corrected chi connectivity index (χ0v) is 10.5. The molecule has 0 saturated heterocycles. The summed E-state index contributed by atoms with van der Waals surface area (Å²) in [5, 5.41) is 10.4. The van der Waals surface area contributed by atoms with Gasteiger partial charge in [0.05, 0.1) is 6.04 Å². The minimum absolute atomic E-state index is 0.162. The topological polar surface area (TPSA) is 101 Å². The summed E-state index contributed by atoms with van der Waals surface area (Å²) < 4.78 is 0. The fourth-order valence-electron chi connectivity index (χ4n) is 1.62. The molecule has 2 N–H and O–H groups in total. The van der Waals surface area contributed by atoms with Crippen LogP contribution in [0.5, 0.6) is 0 Å². The van der Waals surface area contributed by atoms with Gasteiger partial charge in [-0.3, -0.25) is 14.6 Å². The van der Waals surface area contributed by atoms with E-state index in [1.54, 1.807) is 31.3 Å². The summed E-state index contributed by atoms with van der Waals surface area (Å²) in [5.74, 6) is 0.0619. The molecular formula is C12H13N5O2. The molecule has 7 heteroatoms. The number of carbonyl (C=O) groups is 1. The van der Waals surface area contributed by atoms with Gasteiger partial charge in [0.25, 0.3) is 5.56 Å². The van der Waals surface area contributed by atoms with Gasteiger partial charge in [0, 0.05) is 13.1 Å². The average molecular weight is 259 g/mol. The van der Waals surface area contributed by atoms with E-state index in [1.165, 1.54) is 6.92 Å². The Hall–Kier alpha value is -2.57. The van der Waals surface area contributed by atoms with Crippen LogP contribution in [0.15, 0.2) is 29.2 Å². The third-order valence-electron chi connectivity index (χ3n) is 2.46. The Balaban J connectivity index is 2.33. The summed E-state index contributed by atoms with van der Waals surface area (Å²) in [5.41, 5.74) is 0.303. The number of carbonyl (C=O) groups excluding carboxylic acids is 1. The van der Waals surface area contributed by atoms with Crippen molar-refractivity contribution >= 4 is 5.91 Å². The van der Waals surface area contributed by atoms with Gasteiger partial charge in [-0.25, -0.2) is 0 Å². The predicted molar refractivity (Wildman–Crippen MR) is 68.1 cm³/mol. The van der Waals surface area contributed by atoms with E-state index in [9.17, 15) is 9.59 Å². The monoisotopic (exact) mass is 259 g/mol. The van der Waals surface area contributed by atoms with Gasteiger partial charge in [-0.2, -0.15) is 0 Å². The molecule has 2 heterocycles. The van der Waals surface area contributed by atoms with Gasteiger partial charge in [0.2, 0.25) is 5.91 Å². The van der Waals surface area contributed by atoms with Crippen molar-refractivity contribution in [2.75, 3.05) is 0 Å². The minimum Gasteiger partial charge on any atom is -0.348 e. The van der Waals surface area contributed by atoms with Gasteiger partial charge >= 0.3 is 0 Å². The SMILES string of the molecule is CC(=O)NC(C)c1nnc(-c2ccccn2)[nH]c1=O. The van der Waals surface area contributed by atoms with Crippen LogP contribution in [0.25, 0.3) is 11.5 Å². The van der Waals surface area contributed by atoms with Gasteiger partial charge in [0.1, 0.15) is 5.69 Å². The fraction of sp³-hybridized carbons (Fsp3) is 0.250. The lowest BCUT2D eigenvalue weighted by Crippen LogP contribution is -2.30. The van der Waals surface area contributed by atoms with Crippen LogP contribution in [0.2, 0.25) is 0 Å². The van der Waals surface area contributed by atoms with Crippen molar-refractivity contribution < 1.29 is 4.79 Å². The zero-order valence-electron chi connectivity index (χ0n) is 10.5. The van der Waals surface area contributed by atoms with Crippen LogP contribution in [-0.4, -0.2) is 26.1 Å². The van der Waals surface area contributed by atoms with E-state index in [0.717, 1.165) is 0 Å². The summed E-state index contributed by atoms with van der Waals surface area (Å²) in [7, 11) is 0. The lowest BCUT2D eigenvalue weighted by atomic mass is 10.2. The van der Waals surface area contributed by atoms with Crippen molar-refractivity contribution in [3.05, 3.63) is 40.4 Å². The number of aromatic nitrogens is 4. The molecule has 0 saturated carbocycles. The Bertz CT molecular complexity index is 638. The highest BCUT2D eigenvalue weighted by molar-refractivity contribution is 5.73. The van der Waals surface area contributed by atoms with Crippen molar-refractivity contribution in [2.24, 2.45) is 0 Å². The number of hydrogen-bond donors (Lipinski definition) is 2. The number of nitrogens with one attached hydrogen (secondary N) is 2. The van der Waals surface area contributed by atoms with E-state index in [-0.39, 0.29) is 11.6 Å². The lowest BCUT2D eigenvalue weighted by molar-refractivity contribution is -0.119. The van der Waals surface area contributed by atoms with E-state index < -0.39 is 11.6 Å². The summed E-state index contributed by atoms with van der Waals surface area (Å²) >= 11 is 0. The molecule has 1 amide bonds. The van der Waals surface area contributed by atoms with Gasteiger partial charge in [-0.05, 0) is 19.1 Å². The number of H-pyrrole nitrogens is 1. The summed E-state index contributed by atoms with van der Waals surface area (Å²) in [6.07, 6.45) is 1.60. The molecule has 0 aliphatic heterocycles. The summed E-state index contributed by atoms with van der Waals surface area (Å²) in [6.45, 7) is 3.04. The van der Waals surface area contributed by atoms with Crippen LogP contribution in [-0.2, 0) is 4.79 Å². The van der Waals surface area contributed by atoms with Crippen LogP contribution in [0.1, 0.15) is 25.6 Å². The maximum atomic E-state index is 11.9. The van der Waals surface area contributed by atoms with Crippen LogP contribution in [0.4, 0.5) is 0 Å². The van der Waals surface area contributed by atoms with Crippen LogP contribution in [0, 0.1) is 0 Å². The number of rotatable bonds is 3. The summed E-state index contributed by atoms with van der Waals surface area (Å²) in [4.78, 5) is 29.5. The third kappa shape index (κ3) is 3.01. The molecule has 0 aliphatic carbocycles. The van der Waals surface area contributed by atoms with Crippen molar-refractivity contribution in [1.29, 1.82) is 0 Å². The van der Waals surface area contributed by atoms with Crippen molar-refractivity contribution in [1.82, 2.24) is 25.5 Å². The second-order valence-corrected chi connectivity index (χ2v) is 4.03. The fourth-order valence-corrected chi connectivity index (χ4v) is 1.62. The van der Waals surface area contributed by atoms with Crippen LogP contribution in [0.3, 0.4) is 0 Å². The molecule has 98 valence electrons. The quantitative estimate of drug-likeness (QED) is 0.832. The molecule has 0 radical (unpaired) electrons. The van der Waals surface area contributed by atoms with Gasteiger partial charge in [-0.15, -0.1) is 10.2 Å². The first-order valence-electron chi connectivity index (χ1n) is 5.73. The largest absolute Gasteiger partial charge is 0.348 e. The number of nitrogens with zero attached hydrogens (tertiary/aromatic N) is 3. The van der Waals surface area contributed by atoms with E-state index in [2.05, 4.69) is 25.5 Å². The van der Waals surface area contributed by atoms with E-state index in [0.29, 0.717) is 11.5 Å². The van der Waals surface area contributed by atoms with Crippen LogP contribution < -0.4 is 10.9 Å². The highest BCUT2D eigenvalue weighted by atomic mass is 16.1. The van der Waals surface area contributed by atoms with Crippen molar-refractivity contribution in [3.63, 3.8) is 0 Å². The molecule has 1 unspecified atom stereocenters. The first kappa shape index (κ1) is 12.9. The number of hydrogen-bond acceptors (Lipinski definition) is 5. The Morgan fingerprint density at radius 3 is 2.74 bits per heavy atom. The molecule has 2 rings (SSSR count). The Morgan fingerprint density at radius 1 is 1.37 bits per heavy atom. The Morgan fingerprint density at radius 2 is 2.16 bits per heavy atom. The van der Waals surface area contributed by atoms with Crippen molar-refractivity contribution in [2.45, 2.75) is 19.9 Å². The molecule has 2 aromatic heterocycles. The molecule has 0 aromatic carbocycles.